The highest BCUT2D eigenvalue weighted by molar-refractivity contribution is 7.99. The lowest BCUT2D eigenvalue weighted by atomic mass is 10.2. The van der Waals surface area contributed by atoms with Gasteiger partial charge in [-0.3, -0.25) is 4.79 Å². The molecule has 11 heteroatoms. The highest BCUT2D eigenvalue weighted by Gasteiger charge is 2.19. The molecule has 1 N–H and O–H groups in total. The second-order valence-corrected chi connectivity index (χ2v) is 9.44. The zero-order valence-corrected chi connectivity index (χ0v) is 17.9. The van der Waals surface area contributed by atoms with Crippen molar-refractivity contribution in [2.75, 3.05) is 25.2 Å². The molecule has 154 valence electrons. The summed E-state index contributed by atoms with van der Waals surface area (Å²) in [6.45, 7) is 3.57. The van der Waals surface area contributed by atoms with Gasteiger partial charge in [0.2, 0.25) is 15.9 Å². The number of carbonyl (C=O) groups is 1. The van der Waals surface area contributed by atoms with Crippen molar-refractivity contribution in [3.8, 4) is 11.5 Å². The van der Waals surface area contributed by atoms with Gasteiger partial charge in [-0.25, -0.2) is 12.7 Å². The van der Waals surface area contributed by atoms with Crippen molar-refractivity contribution in [2.45, 2.75) is 24.0 Å². The maximum Gasteiger partial charge on any atom is 0.277 e. The number of sulfonamides is 1. The minimum atomic E-state index is -3.59. The maximum atomic E-state index is 12.3. The number of furan rings is 1. The van der Waals surface area contributed by atoms with E-state index in [2.05, 4.69) is 15.5 Å². The number of benzene rings is 1. The van der Waals surface area contributed by atoms with Crippen molar-refractivity contribution in [1.82, 2.24) is 14.5 Å². The van der Waals surface area contributed by atoms with Gasteiger partial charge in [0.1, 0.15) is 5.76 Å². The summed E-state index contributed by atoms with van der Waals surface area (Å²) in [5.74, 6) is 0.676. The summed E-state index contributed by atoms with van der Waals surface area (Å²) in [4.78, 5) is 12.4. The van der Waals surface area contributed by atoms with Crippen molar-refractivity contribution in [2.24, 2.45) is 0 Å². The molecule has 1 amide bonds. The second-order valence-electron chi connectivity index (χ2n) is 6.36. The predicted molar refractivity (Wildman–Crippen MR) is 108 cm³/mol. The van der Waals surface area contributed by atoms with Crippen LogP contribution in [0.15, 0.2) is 49.5 Å². The van der Waals surface area contributed by atoms with Crippen molar-refractivity contribution in [3.63, 3.8) is 0 Å². The van der Waals surface area contributed by atoms with E-state index in [-0.39, 0.29) is 21.8 Å². The van der Waals surface area contributed by atoms with Crippen molar-refractivity contribution in [1.29, 1.82) is 0 Å². The Labute approximate surface area is 172 Å². The molecule has 0 unspecified atom stereocenters. The van der Waals surface area contributed by atoms with E-state index in [4.69, 9.17) is 8.83 Å². The van der Waals surface area contributed by atoms with E-state index in [1.54, 1.807) is 26.0 Å². The van der Waals surface area contributed by atoms with Crippen LogP contribution in [-0.4, -0.2) is 48.7 Å². The molecule has 1 aromatic carbocycles. The molecule has 3 aromatic rings. The third-order valence-electron chi connectivity index (χ3n) is 4.08. The standard InChI is InChI=1S/C18H20N4O5S2/c1-11-5-6-13(29(24,25)22(3)4)9-15(11)19-16(23)10-28-18-21-20-17(27-18)14-7-8-26-12(14)2/h5-9H,10H2,1-4H3,(H,19,23). The lowest BCUT2D eigenvalue weighted by Crippen LogP contribution is -2.22. The number of aryl methyl sites for hydroxylation is 2. The summed E-state index contributed by atoms with van der Waals surface area (Å²) >= 11 is 1.08. The van der Waals surface area contributed by atoms with Gasteiger partial charge in [0, 0.05) is 19.8 Å². The number of anilines is 1. The smallest absolute Gasteiger partial charge is 0.277 e. The number of thioether (sulfide) groups is 1. The summed E-state index contributed by atoms with van der Waals surface area (Å²) in [5, 5.41) is 10.8. The topological polar surface area (TPSA) is 119 Å². The first-order valence-electron chi connectivity index (χ1n) is 8.52. The number of aromatic nitrogens is 2. The summed E-state index contributed by atoms with van der Waals surface area (Å²) < 4.78 is 36.4. The zero-order chi connectivity index (χ0) is 21.2. The van der Waals surface area contributed by atoms with Crippen molar-refractivity contribution < 1.29 is 22.0 Å². The lowest BCUT2D eigenvalue weighted by molar-refractivity contribution is -0.113. The molecule has 29 heavy (non-hydrogen) atoms. The number of carbonyl (C=O) groups excluding carboxylic acids is 1. The molecular weight excluding hydrogens is 416 g/mol. The number of nitrogens with one attached hydrogen (secondary N) is 1. The van der Waals surface area contributed by atoms with Gasteiger partial charge in [-0.15, -0.1) is 10.2 Å². The molecule has 0 saturated carbocycles. The fourth-order valence-corrected chi connectivity index (χ4v) is 3.90. The minimum Gasteiger partial charge on any atom is -0.469 e. The third-order valence-corrected chi connectivity index (χ3v) is 6.71. The fourth-order valence-electron chi connectivity index (χ4n) is 2.40. The van der Waals surface area contributed by atoms with E-state index < -0.39 is 10.0 Å². The highest BCUT2D eigenvalue weighted by atomic mass is 32.2. The van der Waals surface area contributed by atoms with Gasteiger partial charge in [-0.2, -0.15) is 0 Å². The minimum absolute atomic E-state index is 0.0239. The van der Waals surface area contributed by atoms with Gasteiger partial charge >= 0.3 is 0 Å². The van der Waals surface area contributed by atoms with Crippen molar-refractivity contribution >= 4 is 33.4 Å². The molecule has 3 rings (SSSR count). The molecular formula is C18H20N4O5S2. The SMILES string of the molecule is Cc1ccc(S(=O)(=O)N(C)C)cc1NC(=O)CSc1nnc(-c2ccoc2C)o1. The van der Waals surface area contributed by atoms with Crippen LogP contribution in [0.2, 0.25) is 0 Å². The number of hydrogen-bond donors (Lipinski definition) is 1. The van der Waals surface area contributed by atoms with Crippen LogP contribution in [0.4, 0.5) is 5.69 Å². The Balaban J connectivity index is 1.66. The van der Waals surface area contributed by atoms with Crippen LogP contribution in [-0.2, 0) is 14.8 Å². The third kappa shape index (κ3) is 4.69. The molecule has 2 heterocycles. The normalized spacial score (nSPS) is 11.8. The second kappa shape index (κ2) is 8.39. The van der Waals surface area contributed by atoms with E-state index in [9.17, 15) is 13.2 Å². The van der Waals surface area contributed by atoms with Gasteiger partial charge in [-0.05, 0) is 37.6 Å². The lowest BCUT2D eigenvalue weighted by Gasteiger charge is -2.14. The van der Waals surface area contributed by atoms with E-state index in [1.165, 1.54) is 32.5 Å². The molecule has 0 atom stereocenters. The Morgan fingerprint density at radius 1 is 1.21 bits per heavy atom. The Morgan fingerprint density at radius 3 is 2.62 bits per heavy atom. The Kier molecular flexibility index (Phi) is 6.10. The van der Waals surface area contributed by atoms with Gasteiger partial charge in [-0.1, -0.05) is 17.8 Å². The van der Waals surface area contributed by atoms with Crippen molar-refractivity contribution in [3.05, 3.63) is 41.9 Å². The molecule has 0 bridgehead atoms. The Bertz CT molecular complexity index is 1130. The van der Waals surface area contributed by atoms with Gasteiger partial charge in [0.05, 0.1) is 22.5 Å². The van der Waals surface area contributed by atoms with Crippen LogP contribution < -0.4 is 5.32 Å². The summed E-state index contributed by atoms with van der Waals surface area (Å²) in [6.07, 6.45) is 1.53. The first-order valence-corrected chi connectivity index (χ1v) is 10.9. The van der Waals surface area contributed by atoms with Crippen LogP contribution in [0.25, 0.3) is 11.5 Å². The molecule has 0 saturated heterocycles. The van der Waals surface area contributed by atoms with E-state index in [1.807, 2.05) is 0 Å². The molecule has 0 fully saturated rings. The Hall–Kier alpha value is -2.63. The monoisotopic (exact) mass is 436 g/mol. The Morgan fingerprint density at radius 2 is 1.97 bits per heavy atom. The first-order chi connectivity index (χ1) is 13.7. The largest absolute Gasteiger partial charge is 0.469 e. The maximum absolute atomic E-state index is 12.3. The van der Waals surface area contributed by atoms with Crippen LogP contribution in [0.1, 0.15) is 11.3 Å². The summed E-state index contributed by atoms with van der Waals surface area (Å²) in [7, 11) is -0.689. The van der Waals surface area contributed by atoms with Crippen LogP contribution in [0.5, 0.6) is 0 Å². The van der Waals surface area contributed by atoms with Gasteiger partial charge in [0.15, 0.2) is 0 Å². The first kappa shape index (κ1) is 21.1. The fraction of sp³-hybridized carbons (Fsp3) is 0.278. The molecule has 0 aliphatic rings. The van der Waals surface area contributed by atoms with Crippen LogP contribution >= 0.6 is 11.8 Å². The molecule has 0 radical (unpaired) electrons. The molecule has 9 nitrogen and oxygen atoms in total. The predicted octanol–water partition coefficient (Wildman–Crippen LogP) is 2.93. The van der Waals surface area contributed by atoms with E-state index in [0.717, 1.165) is 21.6 Å². The average molecular weight is 437 g/mol. The number of rotatable bonds is 7. The van der Waals surface area contributed by atoms with Crippen LogP contribution in [0, 0.1) is 13.8 Å². The number of hydrogen-bond acceptors (Lipinski definition) is 8. The zero-order valence-electron chi connectivity index (χ0n) is 16.3. The van der Waals surface area contributed by atoms with Crippen LogP contribution in [0.3, 0.4) is 0 Å². The summed E-state index contributed by atoms with van der Waals surface area (Å²) in [5.41, 5.74) is 1.87. The van der Waals surface area contributed by atoms with E-state index in [0.29, 0.717) is 22.9 Å². The molecule has 0 aliphatic carbocycles. The van der Waals surface area contributed by atoms with Gasteiger partial charge in [0.25, 0.3) is 11.1 Å². The van der Waals surface area contributed by atoms with Gasteiger partial charge < -0.3 is 14.2 Å². The highest BCUT2D eigenvalue weighted by Crippen LogP contribution is 2.27. The number of amides is 1. The quantitative estimate of drug-likeness (QED) is 0.562. The molecule has 0 spiro atoms. The van der Waals surface area contributed by atoms with E-state index >= 15 is 0 Å². The molecule has 0 aliphatic heterocycles. The molecule has 2 aromatic heterocycles. The number of nitrogens with zero attached hydrogens (tertiary/aromatic N) is 3. The summed E-state index contributed by atoms with van der Waals surface area (Å²) in [6, 6.07) is 6.32. The average Bonchev–Trinajstić information content (AvgIpc) is 3.30.